The predicted molar refractivity (Wildman–Crippen MR) is 136 cm³/mol. The highest BCUT2D eigenvalue weighted by molar-refractivity contribution is 7.89. The lowest BCUT2D eigenvalue weighted by Crippen LogP contribution is -2.38. The number of aromatic nitrogens is 1. The maximum absolute atomic E-state index is 13.9. The molecule has 1 aromatic heterocycles. The summed E-state index contributed by atoms with van der Waals surface area (Å²) in [6.07, 6.45) is 0.830. The molecule has 1 aliphatic rings. The van der Waals surface area contributed by atoms with Crippen LogP contribution in [0.15, 0.2) is 29.2 Å². The molecule has 0 bridgehead atoms. The van der Waals surface area contributed by atoms with Crippen LogP contribution in [-0.2, 0) is 28.2 Å². The Hall–Kier alpha value is -1.84. The molecule has 0 spiro atoms. The SMILES string of the molecule is Cc1c(S(=O)(=O)NCC(C)(C)O)cc(-c2cc(C(C)(C)C)cc(C(F)(F)F)c2)n1CC1CCCCC1. The number of alkyl halides is 3. The van der Waals surface area contributed by atoms with Crippen LogP contribution in [0, 0.1) is 12.8 Å². The van der Waals surface area contributed by atoms with E-state index >= 15 is 0 Å². The highest BCUT2D eigenvalue weighted by Crippen LogP contribution is 2.39. The van der Waals surface area contributed by atoms with Crippen molar-refractivity contribution in [2.75, 3.05) is 6.54 Å². The summed E-state index contributed by atoms with van der Waals surface area (Å²) in [4.78, 5) is 0.0206. The smallest absolute Gasteiger partial charge is 0.389 e. The van der Waals surface area contributed by atoms with Gasteiger partial charge < -0.3 is 9.67 Å². The summed E-state index contributed by atoms with van der Waals surface area (Å²) >= 11 is 0. The molecule has 9 heteroatoms. The minimum atomic E-state index is -4.53. The van der Waals surface area contributed by atoms with Gasteiger partial charge in [-0.1, -0.05) is 40.0 Å². The maximum atomic E-state index is 13.9. The molecule has 2 aromatic rings. The Kier molecular flexibility index (Phi) is 8.09. The average Bonchev–Trinajstić information content (AvgIpc) is 3.08. The Morgan fingerprint density at radius 3 is 2.08 bits per heavy atom. The average molecular weight is 529 g/mol. The zero-order valence-electron chi connectivity index (χ0n) is 22.1. The summed E-state index contributed by atoms with van der Waals surface area (Å²) < 4.78 is 72.4. The molecule has 0 amide bonds. The number of sulfonamides is 1. The summed E-state index contributed by atoms with van der Waals surface area (Å²) in [6.45, 7) is 10.6. The molecular weight excluding hydrogens is 489 g/mol. The van der Waals surface area contributed by atoms with Crippen LogP contribution in [0.2, 0.25) is 0 Å². The van der Waals surface area contributed by atoms with Crippen molar-refractivity contribution in [1.82, 2.24) is 9.29 Å². The van der Waals surface area contributed by atoms with E-state index in [2.05, 4.69) is 4.72 Å². The summed E-state index contributed by atoms with van der Waals surface area (Å²) in [5.74, 6) is 0.330. The fraction of sp³-hybridized carbons (Fsp3) is 0.630. The van der Waals surface area contributed by atoms with Crippen LogP contribution < -0.4 is 4.72 Å². The van der Waals surface area contributed by atoms with Gasteiger partial charge in [-0.3, -0.25) is 0 Å². The molecule has 202 valence electrons. The lowest BCUT2D eigenvalue weighted by molar-refractivity contribution is -0.137. The third-order valence-electron chi connectivity index (χ3n) is 6.89. The van der Waals surface area contributed by atoms with Gasteiger partial charge in [-0.15, -0.1) is 0 Å². The van der Waals surface area contributed by atoms with Crippen molar-refractivity contribution in [3.05, 3.63) is 41.1 Å². The topological polar surface area (TPSA) is 71.3 Å². The molecule has 0 radical (unpaired) electrons. The van der Waals surface area contributed by atoms with E-state index in [1.54, 1.807) is 13.0 Å². The molecule has 0 saturated heterocycles. The van der Waals surface area contributed by atoms with Crippen LogP contribution in [0.4, 0.5) is 13.2 Å². The first-order chi connectivity index (χ1) is 16.4. The lowest BCUT2D eigenvalue weighted by Gasteiger charge is -2.25. The van der Waals surface area contributed by atoms with Crippen molar-refractivity contribution in [3.8, 4) is 11.3 Å². The Morgan fingerprint density at radius 2 is 1.56 bits per heavy atom. The third kappa shape index (κ3) is 6.92. The monoisotopic (exact) mass is 528 g/mol. The quantitative estimate of drug-likeness (QED) is 0.436. The van der Waals surface area contributed by atoms with Gasteiger partial charge >= 0.3 is 6.18 Å². The number of benzene rings is 1. The van der Waals surface area contributed by atoms with E-state index in [1.165, 1.54) is 26.0 Å². The van der Waals surface area contributed by atoms with E-state index in [4.69, 9.17) is 0 Å². The van der Waals surface area contributed by atoms with Gasteiger partial charge in [0.1, 0.15) is 4.90 Å². The zero-order valence-corrected chi connectivity index (χ0v) is 22.9. The molecular formula is C27H39F3N2O3S. The molecule has 1 aromatic carbocycles. The van der Waals surface area contributed by atoms with Gasteiger partial charge in [0.15, 0.2) is 0 Å². The first-order valence-corrected chi connectivity index (χ1v) is 14.0. The van der Waals surface area contributed by atoms with Crippen molar-refractivity contribution >= 4 is 10.0 Å². The van der Waals surface area contributed by atoms with Crippen LogP contribution in [-0.4, -0.2) is 30.2 Å². The molecule has 1 fully saturated rings. The van der Waals surface area contributed by atoms with Gasteiger partial charge in [0.05, 0.1) is 11.2 Å². The summed E-state index contributed by atoms with van der Waals surface area (Å²) in [7, 11) is -4.00. The molecule has 0 atom stereocenters. The molecule has 1 aliphatic carbocycles. The first-order valence-electron chi connectivity index (χ1n) is 12.5. The molecule has 2 N–H and O–H groups in total. The van der Waals surface area contributed by atoms with Gasteiger partial charge in [-0.25, -0.2) is 13.1 Å². The van der Waals surface area contributed by atoms with Gasteiger partial charge in [0.2, 0.25) is 10.0 Å². The summed E-state index contributed by atoms with van der Waals surface area (Å²) in [6, 6.07) is 5.50. The van der Waals surface area contributed by atoms with Gasteiger partial charge in [0.25, 0.3) is 0 Å². The van der Waals surface area contributed by atoms with Gasteiger partial charge in [0, 0.05) is 24.5 Å². The second-order valence-electron chi connectivity index (χ2n) is 11.8. The van der Waals surface area contributed by atoms with Crippen molar-refractivity contribution in [2.45, 2.75) is 102 Å². The maximum Gasteiger partial charge on any atom is 0.416 e. The molecule has 36 heavy (non-hydrogen) atoms. The van der Waals surface area contributed by atoms with Crippen LogP contribution in [0.25, 0.3) is 11.3 Å². The Bertz CT molecular complexity index is 1150. The Balaban J connectivity index is 2.20. The number of nitrogens with one attached hydrogen (secondary N) is 1. The van der Waals surface area contributed by atoms with Crippen molar-refractivity contribution in [1.29, 1.82) is 0 Å². The molecule has 1 saturated carbocycles. The van der Waals surface area contributed by atoms with Crippen LogP contribution in [0.3, 0.4) is 0 Å². The largest absolute Gasteiger partial charge is 0.416 e. The number of nitrogens with zero attached hydrogens (tertiary/aromatic N) is 1. The fourth-order valence-corrected chi connectivity index (χ4v) is 6.18. The van der Waals surface area contributed by atoms with E-state index in [0.29, 0.717) is 35.0 Å². The molecule has 0 unspecified atom stereocenters. The zero-order chi connectivity index (χ0) is 27.1. The fourth-order valence-electron chi connectivity index (χ4n) is 4.72. The lowest BCUT2D eigenvalue weighted by atomic mass is 9.84. The van der Waals surface area contributed by atoms with Crippen LogP contribution in [0.5, 0.6) is 0 Å². The summed E-state index contributed by atoms with van der Waals surface area (Å²) in [5.41, 5.74) is -0.728. The number of rotatable bonds is 7. The van der Waals surface area contributed by atoms with E-state index in [9.17, 15) is 26.7 Å². The Morgan fingerprint density at radius 1 is 0.972 bits per heavy atom. The van der Waals surface area contributed by atoms with Crippen molar-refractivity contribution < 1.29 is 26.7 Å². The number of hydrogen-bond donors (Lipinski definition) is 2. The normalized spacial score (nSPS) is 16.5. The number of aliphatic hydroxyl groups is 1. The first kappa shape index (κ1) is 28.7. The summed E-state index contributed by atoms with van der Waals surface area (Å²) in [5, 5.41) is 10.0. The third-order valence-corrected chi connectivity index (χ3v) is 8.41. The number of hydrogen-bond acceptors (Lipinski definition) is 3. The number of halogens is 3. The second-order valence-corrected chi connectivity index (χ2v) is 13.5. The highest BCUT2D eigenvalue weighted by Gasteiger charge is 2.34. The van der Waals surface area contributed by atoms with E-state index in [0.717, 1.165) is 38.2 Å². The van der Waals surface area contributed by atoms with E-state index in [-0.39, 0.29) is 11.4 Å². The molecule has 5 nitrogen and oxygen atoms in total. The van der Waals surface area contributed by atoms with Gasteiger partial charge in [-0.2, -0.15) is 13.2 Å². The van der Waals surface area contributed by atoms with Crippen molar-refractivity contribution in [3.63, 3.8) is 0 Å². The Labute approximate surface area is 213 Å². The van der Waals surface area contributed by atoms with Gasteiger partial charge in [-0.05, 0) is 80.3 Å². The molecule has 1 heterocycles. The van der Waals surface area contributed by atoms with Crippen LogP contribution in [0.1, 0.15) is 83.5 Å². The highest BCUT2D eigenvalue weighted by atomic mass is 32.2. The van der Waals surface area contributed by atoms with E-state index in [1.807, 2.05) is 25.3 Å². The minimum Gasteiger partial charge on any atom is -0.389 e. The second kappa shape index (κ2) is 10.1. The molecule has 3 rings (SSSR count). The minimum absolute atomic E-state index is 0.0206. The predicted octanol–water partition coefficient (Wildman–Crippen LogP) is 6.41. The standard InChI is InChI=1S/C27H39F3N2O3S/c1-18-24(36(34,35)31-17-26(5,6)33)15-23(32(18)16-19-10-8-7-9-11-19)20-12-21(25(2,3)4)14-22(13-20)27(28,29)30/h12-15,19,31,33H,7-11,16-17H2,1-6H3. The van der Waals surface area contributed by atoms with Crippen LogP contribution >= 0.6 is 0 Å². The molecule has 0 aliphatic heterocycles. The van der Waals surface area contributed by atoms with E-state index < -0.39 is 32.8 Å². The van der Waals surface area contributed by atoms with Crippen molar-refractivity contribution in [2.24, 2.45) is 5.92 Å².